The maximum atomic E-state index is 12.5. The van der Waals surface area contributed by atoms with Crippen molar-refractivity contribution in [2.75, 3.05) is 6.61 Å². The molecule has 0 unspecified atom stereocenters. The maximum Gasteiger partial charge on any atom is 0.277 e. The zero-order valence-electron chi connectivity index (χ0n) is 14.6. The van der Waals surface area contributed by atoms with Gasteiger partial charge in [0.25, 0.3) is 11.3 Å². The van der Waals surface area contributed by atoms with Crippen molar-refractivity contribution < 1.29 is 9.90 Å². The summed E-state index contributed by atoms with van der Waals surface area (Å²) in [6, 6.07) is -0.263. The molecule has 0 saturated carbocycles. The third kappa shape index (κ3) is 3.81. The van der Waals surface area contributed by atoms with Crippen molar-refractivity contribution in [3.05, 3.63) is 27.4 Å². The van der Waals surface area contributed by atoms with E-state index in [9.17, 15) is 14.7 Å². The van der Waals surface area contributed by atoms with Crippen LogP contribution in [0.25, 0.3) is 5.78 Å². The van der Waals surface area contributed by atoms with Crippen LogP contribution in [0.5, 0.6) is 0 Å². The topological polar surface area (TPSA) is 112 Å². The van der Waals surface area contributed by atoms with E-state index in [2.05, 4.69) is 20.4 Å². The molecule has 0 bridgehead atoms. The Balaban J connectivity index is 2.10. The summed E-state index contributed by atoms with van der Waals surface area (Å²) >= 11 is 0. The molecular weight excluding hydrogens is 310 g/mol. The van der Waals surface area contributed by atoms with Gasteiger partial charge in [-0.1, -0.05) is 20.3 Å². The average Bonchev–Trinajstić information content (AvgIpc) is 2.92. The molecule has 0 aliphatic rings. The number of aliphatic hydroxyl groups excluding tert-OH is 1. The summed E-state index contributed by atoms with van der Waals surface area (Å²) in [6.45, 7) is 7.39. The van der Waals surface area contributed by atoms with E-state index in [4.69, 9.17) is 0 Å². The molecule has 2 rings (SSSR count). The Morgan fingerprint density at radius 1 is 1.38 bits per heavy atom. The summed E-state index contributed by atoms with van der Waals surface area (Å²) in [4.78, 5) is 33.1. The zero-order chi connectivity index (χ0) is 17.9. The van der Waals surface area contributed by atoms with Crippen LogP contribution in [0.15, 0.2) is 4.79 Å². The first-order valence-electron chi connectivity index (χ1n) is 8.22. The molecule has 0 fully saturated rings. The van der Waals surface area contributed by atoms with Gasteiger partial charge in [-0.3, -0.25) is 14.7 Å². The molecule has 8 heteroatoms. The number of fused-ring (bicyclic) bond motifs is 1. The molecule has 0 aliphatic heterocycles. The molecule has 2 aromatic rings. The van der Waals surface area contributed by atoms with Crippen molar-refractivity contribution in [3.63, 3.8) is 0 Å². The fourth-order valence-electron chi connectivity index (χ4n) is 2.62. The third-order valence-corrected chi connectivity index (χ3v) is 4.38. The van der Waals surface area contributed by atoms with E-state index in [-0.39, 0.29) is 36.5 Å². The standard InChI is InChI=1S/C16H25N5O3/c1-5-9(2)13(8-22)19-14(23)7-6-12-10(3)17-16-18-11(4)20-21(16)15(12)24/h9,13,22H,5-8H2,1-4H3,(H,19,23)(H,17,18,20)/t9-,13-/m0/s1. The highest BCUT2D eigenvalue weighted by atomic mass is 16.3. The zero-order valence-corrected chi connectivity index (χ0v) is 14.6. The van der Waals surface area contributed by atoms with Crippen molar-refractivity contribution in [1.29, 1.82) is 0 Å². The number of aliphatic hydroxyl groups is 1. The fourth-order valence-corrected chi connectivity index (χ4v) is 2.62. The Bertz CT molecular complexity index is 780. The van der Waals surface area contributed by atoms with E-state index >= 15 is 0 Å². The third-order valence-electron chi connectivity index (χ3n) is 4.38. The van der Waals surface area contributed by atoms with E-state index in [1.54, 1.807) is 13.8 Å². The van der Waals surface area contributed by atoms with E-state index in [1.165, 1.54) is 4.52 Å². The molecule has 2 aromatic heterocycles. The predicted octanol–water partition coefficient (Wildman–Crippen LogP) is 0.490. The van der Waals surface area contributed by atoms with Crippen LogP contribution in [0.4, 0.5) is 0 Å². The summed E-state index contributed by atoms with van der Waals surface area (Å²) in [6.07, 6.45) is 1.33. The van der Waals surface area contributed by atoms with Gasteiger partial charge in [-0.05, 0) is 26.2 Å². The van der Waals surface area contributed by atoms with Crippen LogP contribution < -0.4 is 10.9 Å². The van der Waals surface area contributed by atoms with Crippen molar-refractivity contribution in [2.45, 2.75) is 53.0 Å². The second-order valence-corrected chi connectivity index (χ2v) is 6.17. The van der Waals surface area contributed by atoms with Crippen molar-refractivity contribution >= 4 is 11.7 Å². The van der Waals surface area contributed by atoms with Crippen LogP contribution in [0.1, 0.15) is 43.8 Å². The van der Waals surface area contributed by atoms with Crippen LogP contribution in [0.2, 0.25) is 0 Å². The monoisotopic (exact) mass is 335 g/mol. The van der Waals surface area contributed by atoms with Gasteiger partial charge in [-0.25, -0.2) is 4.98 Å². The Kier molecular flexibility index (Phi) is 5.71. The minimum absolute atomic E-state index is 0.0939. The summed E-state index contributed by atoms with van der Waals surface area (Å²) in [5.41, 5.74) is 0.849. The molecule has 0 aromatic carbocycles. The van der Waals surface area contributed by atoms with E-state index in [1.807, 2.05) is 13.8 Å². The number of nitrogens with one attached hydrogen (secondary N) is 2. The smallest absolute Gasteiger partial charge is 0.277 e. The van der Waals surface area contributed by atoms with Crippen LogP contribution >= 0.6 is 0 Å². The lowest BCUT2D eigenvalue weighted by atomic mass is 9.99. The molecule has 1 amide bonds. The minimum Gasteiger partial charge on any atom is -0.394 e. The summed E-state index contributed by atoms with van der Waals surface area (Å²) in [5.74, 6) is 0.949. The quantitative estimate of drug-likeness (QED) is 0.682. The number of aryl methyl sites for hydroxylation is 2. The lowest BCUT2D eigenvalue weighted by Crippen LogP contribution is -2.42. The van der Waals surface area contributed by atoms with Crippen molar-refractivity contribution in [1.82, 2.24) is 24.9 Å². The van der Waals surface area contributed by atoms with Gasteiger partial charge in [0.15, 0.2) is 0 Å². The molecule has 2 atom stereocenters. The lowest BCUT2D eigenvalue weighted by Gasteiger charge is -2.22. The SMILES string of the molecule is CC[C@H](C)[C@H](CO)NC(=O)CCc1c(C)nc2nc(C)[nH]n2c1=O. The van der Waals surface area contributed by atoms with Gasteiger partial charge in [0, 0.05) is 12.0 Å². The maximum absolute atomic E-state index is 12.5. The molecule has 132 valence electrons. The first-order chi connectivity index (χ1) is 11.4. The molecule has 0 spiro atoms. The van der Waals surface area contributed by atoms with Crippen LogP contribution in [-0.4, -0.2) is 43.2 Å². The van der Waals surface area contributed by atoms with Crippen LogP contribution in [-0.2, 0) is 11.2 Å². The summed E-state index contributed by atoms with van der Waals surface area (Å²) in [5, 5.41) is 15.1. The van der Waals surface area contributed by atoms with Gasteiger partial charge in [0.1, 0.15) is 5.82 Å². The highest BCUT2D eigenvalue weighted by molar-refractivity contribution is 5.76. The summed E-state index contributed by atoms with van der Waals surface area (Å²) in [7, 11) is 0. The van der Waals surface area contributed by atoms with Gasteiger partial charge in [-0.15, -0.1) is 0 Å². The number of H-pyrrole nitrogens is 1. The molecule has 0 radical (unpaired) electrons. The number of aromatic nitrogens is 4. The fraction of sp³-hybridized carbons (Fsp3) is 0.625. The van der Waals surface area contributed by atoms with Gasteiger partial charge < -0.3 is 10.4 Å². The normalized spacial score (nSPS) is 13.9. The number of aromatic amines is 1. The largest absolute Gasteiger partial charge is 0.394 e. The number of rotatable bonds is 7. The highest BCUT2D eigenvalue weighted by Gasteiger charge is 2.18. The number of amides is 1. The first kappa shape index (κ1) is 18.1. The second kappa shape index (κ2) is 7.57. The minimum atomic E-state index is -0.263. The number of nitrogens with zero attached hydrogens (tertiary/aromatic N) is 3. The Morgan fingerprint density at radius 3 is 2.71 bits per heavy atom. The predicted molar refractivity (Wildman–Crippen MR) is 89.9 cm³/mol. The number of hydrogen-bond acceptors (Lipinski definition) is 5. The molecule has 8 nitrogen and oxygen atoms in total. The molecule has 2 heterocycles. The Hall–Kier alpha value is -2.22. The lowest BCUT2D eigenvalue weighted by molar-refractivity contribution is -0.122. The van der Waals surface area contributed by atoms with Crippen molar-refractivity contribution in [3.8, 4) is 0 Å². The van der Waals surface area contributed by atoms with Crippen LogP contribution in [0, 0.1) is 19.8 Å². The van der Waals surface area contributed by atoms with Gasteiger partial charge in [0.2, 0.25) is 5.91 Å². The first-order valence-corrected chi connectivity index (χ1v) is 8.22. The van der Waals surface area contributed by atoms with Gasteiger partial charge >= 0.3 is 0 Å². The van der Waals surface area contributed by atoms with Crippen LogP contribution in [0.3, 0.4) is 0 Å². The Labute approximate surface area is 140 Å². The highest BCUT2D eigenvalue weighted by Crippen LogP contribution is 2.09. The van der Waals surface area contributed by atoms with E-state index < -0.39 is 0 Å². The Morgan fingerprint density at radius 2 is 2.08 bits per heavy atom. The average molecular weight is 335 g/mol. The number of hydrogen-bond donors (Lipinski definition) is 3. The number of carbonyl (C=O) groups excluding carboxylic acids is 1. The second-order valence-electron chi connectivity index (χ2n) is 6.17. The van der Waals surface area contributed by atoms with Gasteiger partial charge in [-0.2, -0.15) is 9.50 Å². The van der Waals surface area contributed by atoms with Gasteiger partial charge in [0.05, 0.1) is 18.3 Å². The van der Waals surface area contributed by atoms with E-state index in [0.717, 1.165) is 6.42 Å². The van der Waals surface area contributed by atoms with E-state index in [0.29, 0.717) is 29.3 Å². The molecule has 24 heavy (non-hydrogen) atoms. The summed E-state index contributed by atoms with van der Waals surface area (Å²) < 4.78 is 1.30. The molecule has 3 N–H and O–H groups in total. The van der Waals surface area contributed by atoms with Crippen molar-refractivity contribution in [2.24, 2.45) is 5.92 Å². The molecule has 0 aliphatic carbocycles. The molecular formula is C16H25N5O3. The number of carbonyl (C=O) groups is 1. The molecule has 0 saturated heterocycles.